The third-order valence-electron chi connectivity index (χ3n) is 1.54. The monoisotopic (exact) mass is 251 g/mol. The number of hydrogen-bond acceptors (Lipinski definition) is 3. The molecule has 88 valence electrons. The van der Waals surface area contributed by atoms with Gasteiger partial charge in [0.05, 0.1) is 16.9 Å². The molecular formula is C10H10ClN5O. The number of guanidine groups is 1. The summed E-state index contributed by atoms with van der Waals surface area (Å²) in [7, 11) is 0. The first-order chi connectivity index (χ1) is 8.09. The molecule has 5 N–H and O–H groups in total. The molecule has 0 radical (unpaired) electrons. The van der Waals surface area contributed by atoms with Crippen molar-refractivity contribution in [2.75, 3.05) is 0 Å². The standard InChI is InChI=1S/C10H10ClN5O/c11-7-3-1-5-14-8(7)4-2-6-15-9(12)16-10(13)17/h1,3-6H,(H5,12,13,15,16,17). The molecule has 0 unspecified atom stereocenters. The highest BCUT2D eigenvalue weighted by Crippen LogP contribution is 2.12. The van der Waals surface area contributed by atoms with E-state index < -0.39 is 6.03 Å². The second-order valence-corrected chi connectivity index (χ2v) is 3.22. The van der Waals surface area contributed by atoms with Crippen LogP contribution in [-0.4, -0.2) is 17.0 Å². The van der Waals surface area contributed by atoms with Gasteiger partial charge in [0, 0.05) is 12.3 Å². The topological polar surface area (TPSA) is 106 Å². The van der Waals surface area contributed by atoms with Crippen LogP contribution in [0.5, 0.6) is 0 Å². The number of nitrogens with one attached hydrogen (secondary N) is 1. The van der Waals surface area contributed by atoms with Crippen molar-refractivity contribution in [3.05, 3.63) is 41.0 Å². The fourth-order valence-corrected chi connectivity index (χ4v) is 1.06. The molecule has 2 amide bonds. The van der Waals surface area contributed by atoms with E-state index in [2.05, 4.69) is 21.0 Å². The Labute approximate surface area is 103 Å². The third-order valence-corrected chi connectivity index (χ3v) is 1.86. The first-order valence-electron chi connectivity index (χ1n) is 4.51. The maximum absolute atomic E-state index is 10.4. The summed E-state index contributed by atoms with van der Waals surface area (Å²) < 4.78 is 0. The van der Waals surface area contributed by atoms with Crippen molar-refractivity contribution in [1.29, 1.82) is 0 Å². The molecule has 7 heteroatoms. The van der Waals surface area contributed by atoms with E-state index in [1.54, 1.807) is 18.3 Å². The van der Waals surface area contributed by atoms with Crippen LogP contribution >= 0.6 is 11.6 Å². The molecule has 1 aromatic heterocycles. The molecule has 0 aliphatic heterocycles. The summed E-state index contributed by atoms with van der Waals surface area (Å²) in [4.78, 5) is 18.0. The molecule has 0 spiro atoms. The lowest BCUT2D eigenvalue weighted by Crippen LogP contribution is -2.39. The van der Waals surface area contributed by atoms with E-state index in [0.29, 0.717) is 10.7 Å². The van der Waals surface area contributed by atoms with Crippen LogP contribution in [0.2, 0.25) is 5.02 Å². The lowest BCUT2D eigenvalue weighted by Gasteiger charge is -1.95. The molecule has 17 heavy (non-hydrogen) atoms. The number of urea groups is 1. The average Bonchev–Trinajstić information content (AvgIpc) is 2.25. The quantitative estimate of drug-likeness (QED) is 0.412. The predicted molar refractivity (Wildman–Crippen MR) is 66.1 cm³/mol. The number of pyridine rings is 1. The van der Waals surface area contributed by atoms with Gasteiger partial charge in [0.1, 0.15) is 0 Å². The van der Waals surface area contributed by atoms with Crippen LogP contribution < -0.4 is 16.8 Å². The van der Waals surface area contributed by atoms with Crippen LogP contribution in [0.3, 0.4) is 0 Å². The number of aromatic nitrogens is 1. The summed E-state index contributed by atoms with van der Waals surface area (Å²) in [5.41, 5.74) is 13.4. The fraction of sp³-hybridized carbons (Fsp3) is 0. The predicted octanol–water partition coefficient (Wildman–Crippen LogP) is 0.844. The van der Waals surface area contributed by atoms with Crippen molar-refractivity contribution < 1.29 is 4.79 Å². The Kier molecular flexibility index (Phi) is 4.75. The molecule has 0 aliphatic rings. The van der Waals surface area contributed by atoms with Crippen LogP contribution in [-0.2, 0) is 0 Å². The van der Waals surface area contributed by atoms with Gasteiger partial charge in [-0.2, -0.15) is 0 Å². The maximum atomic E-state index is 10.4. The Bertz CT molecular complexity index is 505. The Hall–Kier alpha value is -2.30. The van der Waals surface area contributed by atoms with Crippen molar-refractivity contribution in [3.8, 4) is 0 Å². The maximum Gasteiger partial charge on any atom is 0.318 e. The van der Waals surface area contributed by atoms with Crippen LogP contribution in [0.1, 0.15) is 5.69 Å². The number of aliphatic imine (C=N–C) groups is 1. The van der Waals surface area contributed by atoms with Crippen molar-refractivity contribution in [3.63, 3.8) is 0 Å². The zero-order valence-electron chi connectivity index (χ0n) is 8.72. The van der Waals surface area contributed by atoms with E-state index in [4.69, 9.17) is 23.1 Å². The van der Waals surface area contributed by atoms with Gasteiger partial charge in [0.2, 0.25) is 5.96 Å². The summed E-state index contributed by atoms with van der Waals surface area (Å²) in [6.07, 6.45) is 4.39. The second kappa shape index (κ2) is 6.32. The molecule has 6 nitrogen and oxygen atoms in total. The smallest absolute Gasteiger partial charge is 0.318 e. The molecule has 0 atom stereocenters. The summed E-state index contributed by atoms with van der Waals surface area (Å²) >= 11 is 5.85. The zero-order chi connectivity index (χ0) is 12.7. The largest absolute Gasteiger partial charge is 0.369 e. The number of nitrogens with zero attached hydrogens (tertiary/aromatic N) is 2. The highest BCUT2D eigenvalue weighted by Gasteiger charge is 1.94. The minimum Gasteiger partial charge on any atom is -0.369 e. The van der Waals surface area contributed by atoms with Gasteiger partial charge < -0.3 is 11.5 Å². The number of carbonyl (C=O) groups excluding carboxylic acids is 1. The van der Waals surface area contributed by atoms with E-state index in [-0.39, 0.29) is 5.96 Å². The van der Waals surface area contributed by atoms with Gasteiger partial charge in [-0.3, -0.25) is 10.3 Å². The van der Waals surface area contributed by atoms with Gasteiger partial charge in [-0.05, 0) is 12.1 Å². The molecule has 0 aliphatic carbocycles. The molecule has 0 bridgehead atoms. The molecule has 1 aromatic rings. The minimum atomic E-state index is -0.781. The number of carbonyl (C=O) groups is 1. The lowest BCUT2D eigenvalue weighted by atomic mass is 10.3. The molecule has 1 heterocycles. The van der Waals surface area contributed by atoms with Gasteiger partial charge in [0.15, 0.2) is 0 Å². The number of primary amides is 1. The van der Waals surface area contributed by atoms with E-state index in [0.717, 1.165) is 0 Å². The van der Waals surface area contributed by atoms with Crippen LogP contribution in [0.4, 0.5) is 4.79 Å². The van der Waals surface area contributed by atoms with Gasteiger partial charge in [-0.25, -0.2) is 9.79 Å². The molecule has 0 aromatic carbocycles. The highest BCUT2D eigenvalue weighted by molar-refractivity contribution is 6.31. The van der Waals surface area contributed by atoms with Crippen LogP contribution in [0, 0.1) is 0 Å². The molecule has 0 saturated carbocycles. The normalized spacial score (nSPS) is 10.3. The number of nitrogens with two attached hydrogens (primary N) is 2. The Morgan fingerprint density at radius 3 is 3.00 bits per heavy atom. The molecular weight excluding hydrogens is 242 g/mol. The number of halogens is 1. The number of hydrogen-bond donors (Lipinski definition) is 3. The summed E-state index contributed by atoms with van der Waals surface area (Å²) in [5, 5.41) is 2.59. The van der Waals surface area contributed by atoms with E-state index in [9.17, 15) is 4.79 Å². The molecule has 0 saturated heterocycles. The summed E-state index contributed by atoms with van der Waals surface area (Å²) in [6, 6.07) is 2.64. The SMILES string of the molecule is NC(=O)NC(N)=NC=C=Cc1ncccc1Cl. The zero-order valence-corrected chi connectivity index (χ0v) is 9.48. The second-order valence-electron chi connectivity index (χ2n) is 2.81. The van der Waals surface area contributed by atoms with Crippen molar-refractivity contribution in [2.24, 2.45) is 16.5 Å². The Balaban J connectivity index is 2.72. The van der Waals surface area contributed by atoms with Gasteiger partial charge in [0.25, 0.3) is 0 Å². The third kappa shape index (κ3) is 4.83. The first kappa shape index (κ1) is 12.8. The average molecular weight is 252 g/mol. The highest BCUT2D eigenvalue weighted by atomic mass is 35.5. The van der Waals surface area contributed by atoms with Crippen molar-refractivity contribution in [2.45, 2.75) is 0 Å². The van der Waals surface area contributed by atoms with Gasteiger partial charge in [-0.15, -0.1) is 0 Å². The Morgan fingerprint density at radius 2 is 2.35 bits per heavy atom. The van der Waals surface area contributed by atoms with Gasteiger partial charge >= 0.3 is 6.03 Å². The minimum absolute atomic E-state index is 0.120. The van der Waals surface area contributed by atoms with Crippen LogP contribution in [0.15, 0.2) is 35.3 Å². The number of amides is 2. The summed E-state index contributed by atoms with van der Waals surface area (Å²) in [6.45, 7) is 0. The number of rotatable bonds is 2. The van der Waals surface area contributed by atoms with E-state index in [1.165, 1.54) is 12.3 Å². The van der Waals surface area contributed by atoms with Crippen LogP contribution in [0.25, 0.3) is 6.08 Å². The van der Waals surface area contributed by atoms with E-state index in [1.807, 2.05) is 0 Å². The first-order valence-corrected chi connectivity index (χ1v) is 4.88. The van der Waals surface area contributed by atoms with E-state index >= 15 is 0 Å². The molecule has 1 rings (SSSR count). The van der Waals surface area contributed by atoms with Gasteiger partial charge in [-0.1, -0.05) is 17.3 Å². The summed E-state index contributed by atoms with van der Waals surface area (Å²) in [5.74, 6) is -0.120. The lowest BCUT2D eigenvalue weighted by molar-refractivity contribution is 0.253. The van der Waals surface area contributed by atoms with Crippen molar-refractivity contribution in [1.82, 2.24) is 10.3 Å². The fourth-order valence-electron chi connectivity index (χ4n) is 0.886. The Morgan fingerprint density at radius 1 is 1.59 bits per heavy atom. The van der Waals surface area contributed by atoms with Crippen molar-refractivity contribution >= 4 is 29.7 Å². The molecule has 0 fully saturated rings.